The van der Waals surface area contributed by atoms with Crippen molar-refractivity contribution in [1.29, 1.82) is 0 Å². The highest BCUT2D eigenvalue weighted by atomic mass is 35.5. The van der Waals surface area contributed by atoms with Crippen molar-refractivity contribution >= 4 is 39.1 Å². The van der Waals surface area contributed by atoms with Crippen LogP contribution in [0.2, 0.25) is 10.0 Å². The van der Waals surface area contributed by atoms with Gasteiger partial charge in [-0.3, -0.25) is 4.79 Å². The number of carbonyl (C=O) groups is 1. The zero-order chi connectivity index (χ0) is 16.6. The average molecular weight is 377 g/mol. The molecule has 2 N–H and O–H groups in total. The number of sulfonamides is 1. The Morgan fingerprint density at radius 2 is 1.65 bits per heavy atom. The molecule has 0 radical (unpaired) electrons. The summed E-state index contributed by atoms with van der Waals surface area (Å²) < 4.78 is 27.3. The molecular formula is C15H18Cl2N2O3S. The minimum atomic E-state index is -3.75. The van der Waals surface area contributed by atoms with Gasteiger partial charge < -0.3 is 5.32 Å². The second kappa shape index (κ2) is 6.59. The lowest BCUT2D eigenvalue weighted by atomic mass is 10.2. The third-order valence-electron chi connectivity index (χ3n) is 4.15. The molecule has 2 saturated carbocycles. The first kappa shape index (κ1) is 17.0. The van der Waals surface area contributed by atoms with Gasteiger partial charge in [0.25, 0.3) is 5.91 Å². The van der Waals surface area contributed by atoms with E-state index in [4.69, 9.17) is 23.2 Å². The van der Waals surface area contributed by atoms with Crippen molar-refractivity contribution in [3.8, 4) is 0 Å². The van der Waals surface area contributed by atoms with Gasteiger partial charge in [0, 0.05) is 12.1 Å². The molecule has 1 aromatic rings. The number of hydrogen-bond donors (Lipinski definition) is 2. The summed E-state index contributed by atoms with van der Waals surface area (Å²) >= 11 is 12.1. The van der Waals surface area contributed by atoms with Gasteiger partial charge in [0.2, 0.25) is 10.0 Å². The molecule has 23 heavy (non-hydrogen) atoms. The number of halogens is 2. The van der Waals surface area contributed by atoms with E-state index >= 15 is 0 Å². The van der Waals surface area contributed by atoms with Gasteiger partial charge in [-0.1, -0.05) is 36.0 Å². The van der Waals surface area contributed by atoms with Crippen LogP contribution in [0.1, 0.15) is 48.9 Å². The Hall–Kier alpha value is -0.820. The topological polar surface area (TPSA) is 75.3 Å². The van der Waals surface area contributed by atoms with Crippen LogP contribution >= 0.6 is 23.2 Å². The Morgan fingerprint density at radius 3 is 2.26 bits per heavy atom. The monoisotopic (exact) mass is 376 g/mol. The minimum Gasteiger partial charge on any atom is -0.349 e. The van der Waals surface area contributed by atoms with Crippen LogP contribution in [0.4, 0.5) is 0 Å². The summed E-state index contributed by atoms with van der Waals surface area (Å²) in [5.41, 5.74) is 0.138. The Morgan fingerprint density at radius 1 is 1.00 bits per heavy atom. The van der Waals surface area contributed by atoms with Crippen LogP contribution in [0, 0.1) is 0 Å². The molecule has 1 amide bonds. The molecule has 0 heterocycles. The van der Waals surface area contributed by atoms with Crippen molar-refractivity contribution in [3.63, 3.8) is 0 Å². The summed E-state index contributed by atoms with van der Waals surface area (Å²) in [7, 11) is -3.75. The highest BCUT2D eigenvalue weighted by Crippen LogP contribution is 2.31. The van der Waals surface area contributed by atoms with Gasteiger partial charge in [0.05, 0.1) is 15.6 Å². The standard InChI is InChI=1S/C15H18Cl2N2O3S/c16-12-8-13(17)14(23(21,22)19-10-5-6-10)7-11(12)15(20)18-9-3-1-2-4-9/h7-10,19H,1-6H2,(H,18,20). The van der Waals surface area contributed by atoms with Crippen LogP contribution in [-0.2, 0) is 10.0 Å². The molecule has 0 aromatic heterocycles. The predicted octanol–water partition coefficient (Wildman–Crippen LogP) is 3.11. The molecule has 2 fully saturated rings. The number of nitrogens with one attached hydrogen (secondary N) is 2. The molecule has 0 unspecified atom stereocenters. The van der Waals surface area contributed by atoms with E-state index < -0.39 is 10.0 Å². The number of rotatable bonds is 5. The minimum absolute atomic E-state index is 0.0144. The second-order valence-electron chi connectivity index (χ2n) is 6.11. The number of amides is 1. The largest absolute Gasteiger partial charge is 0.349 e. The van der Waals surface area contributed by atoms with Crippen LogP contribution in [0.25, 0.3) is 0 Å². The molecular weight excluding hydrogens is 359 g/mol. The van der Waals surface area contributed by atoms with E-state index in [9.17, 15) is 13.2 Å². The van der Waals surface area contributed by atoms with Gasteiger partial charge in [0.15, 0.2) is 0 Å². The van der Waals surface area contributed by atoms with E-state index in [1.54, 1.807) is 0 Å². The first-order chi connectivity index (χ1) is 10.9. The molecule has 5 nitrogen and oxygen atoms in total. The van der Waals surface area contributed by atoms with Crippen molar-refractivity contribution in [2.24, 2.45) is 0 Å². The first-order valence-electron chi connectivity index (χ1n) is 7.69. The van der Waals surface area contributed by atoms with Gasteiger partial charge in [-0.25, -0.2) is 13.1 Å². The molecule has 0 aliphatic heterocycles. The molecule has 0 bridgehead atoms. The normalized spacial score (nSPS) is 19.0. The summed E-state index contributed by atoms with van der Waals surface area (Å²) in [6.45, 7) is 0. The average Bonchev–Trinajstić information content (AvgIpc) is 3.10. The first-order valence-corrected chi connectivity index (χ1v) is 9.93. The number of hydrogen-bond acceptors (Lipinski definition) is 3. The van der Waals surface area contributed by atoms with E-state index in [1.807, 2.05) is 0 Å². The summed E-state index contributed by atoms with van der Waals surface area (Å²) in [5.74, 6) is -0.360. The van der Waals surface area contributed by atoms with Gasteiger partial charge in [0.1, 0.15) is 4.90 Å². The van der Waals surface area contributed by atoms with E-state index in [-0.39, 0.29) is 38.5 Å². The van der Waals surface area contributed by atoms with E-state index in [1.165, 1.54) is 12.1 Å². The fraction of sp³-hybridized carbons (Fsp3) is 0.533. The summed E-state index contributed by atoms with van der Waals surface area (Å²) in [6, 6.07) is 2.66. The van der Waals surface area contributed by atoms with Crippen molar-refractivity contribution in [2.75, 3.05) is 0 Å². The molecule has 8 heteroatoms. The smallest absolute Gasteiger partial charge is 0.253 e. The summed E-state index contributed by atoms with van der Waals surface area (Å²) in [4.78, 5) is 12.3. The highest BCUT2D eigenvalue weighted by Gasteiger charge is 2.30. The van der Waals surface area contributed by atoms with Crippen molar-refractivity contribution < 1.29 is 13.2 Å². The Balaban J connectivity index is 1.87. The summed E-state index contributed by atoms with van der Waals surface area (Å²) in [5, 5.41) is 3.07. The molecule has 1 aromatic carbocycles. The maximum absolute atomic E-state index is 12.4. The van der Waals surface area contributed by atoms with E-state index in [2.05, 4.69) is 10.0 Å². The molecule has 126 valence electrons. The maximum Gasteiger partial charge on any atom is 0.253 e. The van der Waals surface area contributed by atoms with Gasteiger partial charge in [-0.2, -0.15) is 0 Å². The fourth-order valence-electron chi connectivity index (χ4n) is 2.73. The zero-order valence-electron chi connectivity index (χ0n) is 12.4. The molecule has 0 spiro atoms. The van der Waals surface area contributed by atoms with E-state index in [0.717, 1.165) is 38.5 Å². The number of benzene rings is 1. The predicted molar refractivity (Wildman–Crippen MR) is 89.5 cm³/mol. The second-order valence-corrected chi connectivity index (χ2v) is 8.61. The highest BCUT2D eigenvalue weighted by molar-refractivity contribution is 7.89. The van der Waals surface area contributed by atoms with E-state index in [0.29, 0.717) is 0 Å². The van der Waals surface area contributed by atoms with Crippen LogP contribution < -0.4 is 10.0 Å². The summed E-state index contributed by atoms with van der Waals surface area (Å²) in [6.07, 6.45) is 5.68. The van der Waals surface area contributed by atoms with Crippen molar-refractivity contribution in [2.45, 2.75) is 55.5 Å². The molecule has 0 atom stereocenters. The Labute approximate surface area is 145 Å². The van der Waals surface area contributed by atoms with Gasteiger partial charge in [-0.15, -0.1) is 0 Å². The lowest BCUT2D eigenvalue weighted by Crippen LogP contribution is -2.33. The molecule has 3 rings (SSSR count). The molecule has 2 aliphatic carbocycles. The van der Waals surface area contributed by atoms with Crippen LogP contribution in [0.15, 0.2) is 17.0 Å². The lowest BCUT2D eigenvalue weighted by molar-refractivity contribution is 0.0938. The van der Waals surface area contributed by atoms with Crippen LogP contribution in [0.5, 0.6) is 0 Å². The molecule has 2 aliphatic rings. The zero-order valence-corrected chi connectivity index (χ0v) is 14.8. The SMILES string of the molecule is O=C(NC1CCCC1)c1cc(S(=O)(=O)NC2CC2)c(Cl)cc1Cl. The third-order valence-corrected chi connectivity index (χ3v) is 6.44. The fourth-order valence-corrected chi connectivity index (χ4v) is 4.89. The van der Waals surface area contributed by atoms with Crippen molar-refractivity contribution in [3.05, 3.63) is 27.7 Å². The maximum atomic E-state index is 12.4. The van der Waals surface area contributed by atoms with Crippen LogP contribution in [0.3, 0.4) is 0 Å². The number of carbonyl (C=O) groups excluding carboxylic acids is 1. The van der Waals surface area contributed by atoms with Crippen molar-refractivity contribution in [1.82, 2.24) is 10.0 Å². The van der Waals surface area contributed by atoms with Gasteiger partial charge in [-0.05, 0) is 37.8 Å². The lowest BCUT2D eigenvalue weighted by Gasteiger charge is -2.14. The van der Waals surface area contributed by atoms with Crippen LogP contribution in [-0.4, -0.2) is 26.4 Å². The van der Waals surface area contributed by atoms with Gasteiger partial charge >= 0.3 is 0 Å². The molecule has 0 saturated heterocycles. The Kier molecular flexibility index (Phi) is 4.88. The Bertz CT molecular complexity index is 726. The third kappa shape index (κ3) is 3.99. The quantitative estimate of drug-likeness (QED) is 0.828.